The Balaban J connectivity index is 2.47. The fourth-order valence-electron chi connectivity index (χ4n) is 2.79. The van der Waals surface area contributed by atoms with Crippen LogP contribution in [0.5, 0.6) is 0 Å². The highest BCUT2D eigenvalue weighted by atomic mass is 16.5. The molecule has 0 heterocycles. The van der Waals surface area contributed by atoms with Crippen LogP contribution in [0.3, 0.4) is 0 Å². The van der Waals surface area contributed by atoms with Crippen molar-refractivity contribution in [3.63, 3.8) is 0 Å². The summed E-state index contributed by atoms with van der Waals surface area (Å²) in [5.74, 6) is -0.454. The number of ether oxygens (including phenoxy) is 1. The molecular weight excluding hydrogens is 214 g/mol. The Kier molecular flexibility index (Phi) is 2.96. The van der Waals surface area contributed by atoms with Gasteiger partial charge in [0.1, 0.15) is 0 Å². The van der Waals surface area contributed by atoms with Crippen molar-refractivity contribution in [3.05, 3.63) is 35.4 Å². The number of benzene rings is 1. The standard InChI is InChI=1S/C14H19NO2/c1-14(2)8-10(13(16)17-3)12(15)9-6-4-5-7-11(9)14/h4-7,10,12H,8,15H2,1-3H3/t10-,12+/m0/s1. The Bertz CT molecular complexity index is 440. The number of esters is 1. The first-order valence-electron chi connectivity index (χ1n) is 5.90. The molecule has 0 aliphatic heterocycles. The molecule has 3 nitrogen and oxygen atoms in total. The van der Waals surface area contributed by atoms with Gasteiger partial charge in [-0.25, -0.2) is 0 Å². The molecule has 17 heavy (non-hydrogen) atoms. The summed E-state index contributed by atoms with van der Waals surface area (Å²) in [5.41, 5.74) is 8.46. The summed E-state index contributed by atoms with van der Waals surface area (Å²) in [4.78, 5) is 11.8. The molecular formula is C14H19NO2. The number of fused-ring (bicyclic) bond motifs is 1. The van der Waals surface area contributed by atoms with E-state index in [1.54, 1.807) is 0 Å². The Labute approximate surface area is 102 Å². The fraction of sp³-hybridized carbons (Fsp3) is 0.500. The highest BCUT2D eigenvalue weighted by Crippen LogP contribution is 2.43. The molecule has 2 N–H and O–H groups in total. The molecule has 0 amide bonds. The van der Waals surface area contributed by atoms with Gasteiger partial charge in [-0.05, 0) is 23.0 Å². The molecule has 0 bridgehead atoms. The molecule has 1 aromatic carbocycles. The zero-order valence-corrected chi connectivity index (χ0v) is 10.6. The average Bonchev–Trinajstić information content (AvgIpc) is 2.33. The summed E-state index contributed by atoms with van der Waals surface area (Å²) in [6.07, 6.45) is 0.734. The molecule has 92 valence electrons. The van der Waals surface area contributed by atoms with Gasteiger partial charge in [-0.15, -0.1) is 0 Å². The van der Waals surface area contributed by atoms with Gasteiger partial charge < -0.3 is 10.5 Å². The lowest BCUT2D eigenvalue weighted by Gasteiger charge is -2.39. The molecule has 2 rings (SSSR count). The number of carbonyl (C=O) groups is 1. The summed E-state index contributed by atoms with van der Waals surface area (Å²) in [7, 11) is 1.42. The second-order valence-corrected chi connectivity index (χ2v) is 5.33. The van der Waals surface area contributed by atoms with Crippen LogP contribution in [0.1, 0.15) is 37.4 Å². The monoisotopic (exact) mass is 233 g/mol. The Morgan fingerprint density at radius 2 is 2.06 bits per heavy atom. The quantitative estimate of drug-likeness (QED) is 0.756. The van der Waals surface area contributed by atoms with Crippen LogP contribution >= 0.6 is 0 Å². The van der Waals surface area contributed by atoms with Crippen LogP contribution in [0.4, 0.5) is 0 Å². The zero-order valence-electron chi connectivity index (χ0n) is 10.6. The molecule has 0 unspecified atom stereocenters. The maximum Gasteiger partial charge on any atom is 0.310 e. The van der Waals surface area contributed by atoms with Crippen molar-refractivity contribution in [3.8, 4) is 0 Å². The number of carbonyl (C=O) groups excluding carboxylic acids is 1. The number of hydrogen-bond acceptors (Lipinski definition) is 3. The Hall–Kier alpha value is -1.35. The van der Waals surface area contributed by atoms with Gasteiger partial charge in [0.25, 0.3) is 0 Å². The second kappa shape index (κ2) is 4.15. The average molecular weight is 233 g/mol. The number of hydrogen-bond donors (Lipinski definition) is 1. The second-order valence-electron chi connectivity index (χ2n) is 5.33. The van der Waals surface area contributed by atoms with Gasteiger partial charge in [0.15, 0.2) is 0 Å². The zero-order chi connectivity index (χ0) is 12.6. The number of nitrogens with two attached hydrogens (primary N) is 1. The predicted octanol–water partition coefficient (Wildman–Crippen LogP) is 2.16. The summed E-state index contributed by atoms with van der Waals surface area (Å²) in [6.45, 7) is 4.29. The Morgan fingerprint density at radius 3 is 2.71 bits per heavy atom. The van der Waals surface area contributed by atoms with Crippen LogP contribution in [0, 0.1) is 5.92 Å². The van der Waals surface area contributed by atoms with Crippen LogP contribution in [0.15, 0.2) is 24.3 Å². The molecule has 1 aliphatic carbocycles. The van der Waals surface area contributed by atoms with Gasteiger partial charge in [-0.2, -0.15) is 0 Å². The van der Waals surface area contributed by atoms with E-state index in [4.69, 9.17) is 10.5 Å². The topological polar surface area (TPSA) is 52.3 Å². The van der Waals surface area contributed by atoms with Gasteiger partial charge in [0.2, 0.25) is 0 Å². The van der Waals surface area contributed by atoms with Crippen molar-refractivity contribution in [1.82, 2.24) is 0 Å². The highest BCUT2D eigenvalue weighted by molar-refractivity contribution is 5.74. The minimum atomic E-state index is -0.258. The minimum absolute atomic E-state index is 0.0364. The molecule has 0 fully saturated rings. The van der Waals surface area contributed by atoms with Crippen molar-refractivity contribution in [2.75, 3.05) is 7.11 Å². The third-order valence-corrected chi connectivity index (χ3v) is 3.72. The van der Waals surface area contributed by atoms with Crippen molar-refractivity contribution in [2.24, 2.45) is 11.7 Å². The molecule has 0 saturated carbocycles. The van der Waals surface area contributed by atoms with E-state index in [9.17, 15) is 4.79 Å². The number of methoxy groups -OCH3 is 1. The normalized spacial score (nSPS) is 26.1. The Morgan fingerprint density at radius 1 is 1.41 bits per heavy atom. The van der Waals surface area contributed by atoms with E-state index < -0.39 is 0 Å². The van der Waals surface area contributed by atoms with Gasteiger partial charge in [0, 0.05) is 6.04 Å². The summed E-state index contributed by atoms with van der Waals surface area (Å²) < 4.78 is 4.85. The lowest BCUT2D eigenvalue weighted by atomic mass is 9.66. The van der Waals surface area contributed by atoms with Crippen LogP contribution in [-0.4, -0.2) is 13.1 Å². The van der Waals surface area contributed by atoms with Crippen LogP contribution < -0.4 is 5.73 Å². The van der Waals surface area contributed by atoms with Crippen molar-refractivity contribution in [2.45, 2.75) is 31.7 Å². The first-order valence-corrected chi connectivity index (χ1v) is 5.90. The fourth-order valence-corrected chi connectivity index (χ4v) is 2.79. The van der Waals surface area contributed by atoms with Crippen LogP contribution in [-0.2, 0) is 14.9 Å². The van der Waals surface area contributed by atoms with Gasteiger partial charge >= 0.3 is 5.97 Å². The van der Waals surface area contributed by atoms with E-state index in [1.165, 1.54) is 12.7 Å². The lowest BCUT2D eigenvalue weighted by molar-refractivity contribution is -0.147. The third-order valence-electron chi connectivity index (χ3n) is 3.72. The summed E-state index contributed by atoms with van der Waals surface area (Å²) >= 11 is 0. The first kappa shape index (κ1) is 12.1. The van der Waals surface area contributed by atoms with E-state index in [2.05, 4.69) is 19.9 Å². The molecule has 0 spiro atoms. The first-order chi connectivity index (χ1) is 7.97. The lowest BCUT2D eigenvalue weighted by Crippen LogP contribution is -2.40. The van der Waals surface area contributed by atoms with E-state index >= 15 is 0 Å². The van der Waals surface area contributed by atoms with E-state index in [-0.39, 0.29) is 23.3 Å². The van der Waals surface area contributed by atoms with Crippen molar-refractivity contribution >= 4 is 5.97 Å². The highest BCUT2D eigenvalue weighted by Gasteiger charge is 2.41. The van der Waals surface area contributed by atoms with Crippen LogP contribution in [0.2, 0.25) is 0 Å². The smallest absolute Gasteiger partial charge is 0.310 e. The minimum Gasteiger partial charge on any atom is -0.469 e. The molecule has 0 aromatic heterocycles. The van der Waals surface area contributed by atoms with Crippen LogP contribution in [0.25, 0.3) is 0 Å². The van der Waals surface area contributed by atoms with Crippen molar-refractivity contribution in [1.29, 1.82) is 0 Å². The molecule has 0 saturated heterocycles. The van der Waals surface area contributed by atoms with Gasteiger partial charge in [-0.3, -0.25) is 4.79 Å². The largest absolute Gasteiger partial charge is 0.469 e. The molecule has 1 aliphatic rings. The summed E-state index contributed by atoms with van der Waals surface area (Å²) in [5, 5.41) is 0. The third kappa shape index (κ3) is 1.95. The van der Waals surface area contributed by atoms with E-state index in [0.717, 1.165) is 12.0 Å². The summed E-state index contributed by atoms with van der Waals surface area (Å²) in [6, 6.07) is 7.84. The molecule has 1 aromatic rings. The SMILES string of the molecule is COC(=O)[C@H]1CC(C)(C)c2ccccc2[C@H]1N. The van der Waals surface area contributed by atoms with Gasteiger partial charge in [0.05, 0.1) is 13.0 Å². The van der Waals surface area contributed by atoms with Gasteiger partial charge in [-0.1, -0.05) is 38.1 Å². The molecule has 3 heteroatoms. The maximum absolute atomic E-state index is 11.8. The van der Waals surface area contributed by atoms with E-state index in [0.29, 0.717) is 0 Å². The van der Waals surface area contributed by atoms with E-state index in [1.807, 2.05) is 18.2 Å². The molecule has 2 atom stereocenters. The number of rotatable bonds is 1. The van der Waals surface area contributed by atoms with Crippen molar-refractivity contribution < 1.29 is 9.53 Å². The molecule has 0 radical (unpaired) electrons. The predicted molar refractivity (Wildman–Crippen MR) is 66.5 cm³/mol. The maximum atomic E-state index is 11.8.